The summed E-state index contributed by atoms with van der Waals surface area (Å²) in [6, 6.07) is 4.42. The molecule has 0 saturated carbocycles. The van der Waals surface area contributed by atoms with Crippen molar-refractivity contribution < 1.29 is 14.3 Å². The molecule has 110 valence electrons. The van der Waals surface area contributed by atoms with Gasteiger partial charge in [-0.2, -0.15) is 0 Å². The summed E-state index contributed by atoms with van der Waals surface area (Å²) in [6.45, 7) is 4.78. The molecule has 1 aromatic heterocycles. The number of esters is 1. The maximum atomic E-state index is 11.5. The Hall–Kier alpha value is -0.950. The second-order valence-electron chi connectivity index (χ2n) is 5.10. The first-order valence-corrected chi connectivity index (χ1v) is 7.98. The Kier molecular flexibility index (Phi) is 4.67. The molecule has 2 unspecified atom stereocenters. The van der Waals surface area contributed by atoms with Crippen molar-refractivity contribution >= 4 is 17.3 Å². The molecule has 2 aliphatic rings. The van der Waals surface area contributed by atoms with Gasteiger partial charge in [-0.1, -0.05) is 6.07 Å². The van der Waals surface area contributed by atoms with Crippen LogP contribution in [0.25, 0.3) is 0 Å². The standard InChI is InChI=1S/C14H20N2O3S/c17-14-11(3-6-19-14)15-10-12(13-2-1-9-20-13)16-4-7-18-8-5-16/h1-2,9,11-12,15H,3-8,10H2. The lowest BCUT2D eigenvalue weighted by molar-refractivity contribution is -0.139. The van der Waals surface area contributed by atoms with Crippen LogP contribution in [0.4, 0.5) is 0 Å². The highest BCUT2D eigenvalue weighted by molar-refractivity contribution is 7.10. The van der Waals surface area contributed by atoms with Gasteiger partial charge in [0.1, 0.15) is 6.04 Å². The number of cyclic esters (lactones) is 1. The number of thiophene rings is 1. The summed E-state index contributed by atoms with van der Waals surface area (Å²) in [4.78, 5) is 15.3. The molecule has 0 spiro atoms. The summed E-state index contributed by atoms with van der Waals surface area (Å²) >= 11 is 1.77. The van der Waals surface area contributed by atoms with Crippen LogP contribution in [0, 0.1) is 0 Å². The first-order chi connectivity index (χ1) is 9.84. The van der Waals surface area contributed by atoms with Gasteiger partial charge in [-0.15, -0.1) is 11.3 Å². The molecule has 3 heterocycles. The molecular formula is C14H20N2O3S. The largest absolute Gasteiger partial charge is 0.464 e. The maximum Gasteiger partial charge on any atom is 0.323 e. The molecular weight excluding hydrogens is 276 g/mol. The van der Waals surface area contributed by atoms with E-state index in [0.717, 1.165) is 39.3 Å². The van der Waals surface area contributed by atoms with Gasteiger partial charge in [0.15, 0.2) is 0 Å². The Bertz CT molecular complexity index is 432. The lowest BCUT2D eigenvalue weighted by Crippen LogP contribution is -2.45. The Balaban J connectivity index is 1.64. The minimum atomic E-state index is -0.140. The smallest absolute Gasteiger partial charge is 0.323 e. The summed E-state index contributed by atoms with van der Waals surface area (Å²) in [5, 5.41) is 5.47. The normalized spacial score (nSPS) is 25.6. The average Bonchev–Trinajstić information content (AvgIpc) is 3.13. The SMILES string of the molecule is O=C1OCCC1NCC(c1cccs1)N1CCOCC1. The zero-order valence-electron chi connectivity index (χ0n) is 11.4. The van der Waals surface area contributed by atoms with Gasteiger partial charge >= 0.3 is 5.97 Å². The van der Waals surface area contributed by atoms with Gasteiger partial charge < -0.3 is 14.8 Å². The quantitative estimate of drug-likeness (QED) is 0.822. The zero-order valence-corrected chi connectivity index (χ0v) is 12.2. The van der Waals surface area contributed by atoms with Crippen LogP contribution in [-0.4, -0.2) is 56.4 Å². The molecule has 0 bridgehead atoms. The van der Waals surface area contributed by atoms with Crippen molar-refractivity contribution in [2.45, 2.75) is 18.5 Å². The third-order valence-electron chi connectivity index (χ3n) is 3.85. The number of hydrogen-bond donors (Lipinski definition) is 1. The molecule has 3 rings (SSSR count). The van der Waals surface area contributed by atoms with Crippen LogP contribution in [0.1, 0.15) is 17.3 Å². The van der Waals surface area contributed by atoms with Crippen LogP contribution in [0.3, 0.4) is 0 Å². The minimum absolute atomic E-state index is 0.114. The minimum Gasteiger partial charge on any atom is -0.464 e. The number of nitrogens with zero attached hydrogens (tertiary/aromatic N) is 1. The first kappa shape index (κ1) is 14.0. The number of ether oxygens (including phenoxy) is 2. The highest BCUT2D eigenvalue weighted by Gasteiger charge is 2.29. The number of carbonyl (C=O) groups is 1. The van der Waals surface area contributed by atoms with Gasteiger partial charge in [0.05, 0.1) is 25.9 Å². The fourth-order valence-corrected chi connectivity index (χ4v) is 3.58. The average molecular weight is 296 g/mol. The number of hydrogen-bond acceptors (Lipinski definition) is 6. The lowest BCUT2D eigenvalue weighted by atomic mass is 10.1. The molecule has 1 aromatic rings. The van der Waals surface area contributed by atoms with Crippen molar-refractivity contribution in [1.29, 1.82) is 0 Å². The Labute approximate surface area is 122 Å². The Morgan fingerprint density at radius 2 is 2.25 bits per heavy atom. The summed E-state index contributed by atoms with van der Waals surface area (Å²) < 4.78 is 10.4. The van der Waals surface area contributed by atoms with E-state index in [9.17, 15) is 4.79 Å². The van der Waals surface area contributed by atoms with Crippen LogP contribution < -0.4 is 5.32 Å². The fourth-order valence-electron chi connectivity index (χ4n) is 2.71. The van der Waals surface area contributed by atoms with Crippen LogP contribution in [0.15, 0.2) is 17.5 Å². The molecule has 1 N–H and O–H groups in total. The third kappa shape index (κ3) is 3.20. The van der Waals surface area contributed by atoms with Crippen LogP contribution in [0.5, 0.6) is 0 Å². The molecule has 6 heteroatoms. The van der Waals surface area contributed by atoms with E-state index in [2.05, 4.69) is 27.7 Å². The molecule has 20 heavy (non-hydrogen) atoms. The van der Waals surface area contributed by atoms with Crippen molar-refractivity contribution in [3.63, 3.8) is 0 Å². The van der Waals surface area contributed by atoms with Gasteiger partial charge in [-0.3, -0.25) is 9.69 Å². The van der Waals surface area contributed by atoms with E-state index in [1.165, 1.54) is 4.88 Å². The topological polar surface area (TPSA) is 50.8 Å². The molecule has 2 atom stereocenters. The molecule has 0 aliphatic carbocycles. The van der Waals surface area contributed by atoms with Gasteiger partial charge in [-0.25, -0.2) is 0 Å². The number of nitrogens with one attached hydrogen (secondary N) is 1. The summed E-state index contributed by atoms with van der Waals surface area (Å²) in [5.74, 6) is -0.114. The zero-order chi connectivity index (χ0) is 13.8. The Morgan fingerprint density at radius 3 is 2.90 bits per heavy atom. The monoisotopic (exact) mass is 296 g/mol. The first-order valence-electron chi connectivity index (χ1n) is 7.10. The predicted octanol–water partition coefficient (Wildman–Crippen LogP) is 1.03. The molecule has 2 fully saturated rings. The second-order valence-corrected chi connectivity index (χ2v) is 6.08. The highest BCUT2D eigenvalue weighted by Crippen LogP contribution is 2.25. The van der Waals surface area contributed by atoms with E-state index in [1.807, 2.05) is 0 Å². The molecule has 0 amide bonds. The number of rotatable bonds is 5. The lowest BCUT2D eigenvalue weighted by Gasteiger charge is -2.34. The molecule has 0 aromatic carbocycles. The van der Waals surface area contributed by atoms with Crippen LogP contribution in [0.2, 0.25) is 0 Å². The van der Waals surface area contributed by atoms with E-state index in [-0.39, 0.29) is 12.0 Å². The van der Waals surface area contributed by atoms with Gasteiger partial charge in [0, 0.05) is 30.9 Å². The van der Waals surface area contributed by atoms with Crippen molar-refractivity contribution in [1.82, 2.24) is 10.2 Å². The fraction of sp³-hybridized carbons (Fsp3) is 0.643. The third-order valence-corrected chi connectivity index (χ3v) is 4.82. The van der Waals surface area contributed by atoms with Crippen LogP contribution in [-0.2, 0) is 14.3 Å². The molecule has 2 saturated heterocycles. The summed E-state index contributed by atoms with van der Waals surface area (Å²) in [5.41, 5.74) is 0. The number of carbonyl (C=O) groups excluding carboxylic acids is 1. The summed E-state index contributed by atoms with van der Waals surface area (Å²) in [6.07, 6.45) is 0.777. The molecule has 0 radical (unpaired) electrons. The van der Waals surface area contributed by atoms with Crippen molar-refractivity contribution in [2.75, 3.05) is 39.5 Å². The van der Waals surface area contributed by atoms with E-state index in [4.69, 9.17) is 9.47 Å². The highest BCUT2D eigenvalue weighted by atomic mass is 32.1. The van der Waals surface area contributed by atoms with Crippen molar-refractivity contribution in [2.24, 2.45) is 0 Å². The van der Waals surface area contributed by atoms with E-state index < -0.39 is 0 Å². The predicted molar refractivity (Wildman–Crippen MR) is 76.8 cm³/mol. The van der Waals surface area contributed by atoms with Gasteiger partial charge in [0.25, 0.3) is 0 Å². The maximum absolute atomic E-state index is 11.5. The van der Waals surface area contributed by atoms with Crippen molar-refractivity contribution in [3.05, 3.63) is 22.4 Å². The van der Waals surface area contributed by atoms with Gasteiger partial charge in [-0.05, 0) is 11.4 Å². The molecule has 5 nitrogen and oxygen atoms in total. The molecule has 2 aliphatic heterocycles. The van der Waals surface area contributed by atoms with E-state index in [1.54, 1.807) is 11.3 Å². The van der Waals surface area contributed by atoms with E-state index >= 15 is 0 Å². The second kappa shape index (κ2) is 6.67. The summed E-state index contributed by atoms with van der Waals surface area (Å²) in [7, 11) is 0. The van der Waals surface area contributed by atoms with E-state index in [0.29, 0.717) is 12.6 Å². The Morgan fingerprint density at radius 1 is 1.40 bits per heavy atom. The van der Waals surface area contributed by atoms with Crippen molar-refractivity contribution in [3.8, 4) is 0 Å². The number of morpholine rings is 1. The van der Waals surface area contributed by atoms with Crippen LogP contribution >= 0.6 is 11.3 Å². The van der Waals surface area contributed by atoms with Gasteiger partial charge in [0.2, 0.25) is 0 Å².